The smallest absolute Gasteiger partial charge is 0.317 e. The van der Waals surface area contributed by atoms with Crippen molar-refractivity contribution in [1.29, 1.82) is 0 Å². The Morgan fingerprint density at radius 3 is 2.67 bits per heavy atom. The van der Waals surface area contributed by atoms with E-state index >= 15 is 0 Å². The molecule has 0 saturated heterocycles. The highest BCUT2D eigenvalue weighted by atomic mass is 32.1. The number of hydrogen-bond acceptors (Lipinski definition) is 6. The zero-order valence-electron chi connectivity index (χ0n) is 15.6. The lowest BCUT2D eigenvalue weighted by Crippen LogP contribution is -2.34. The molecule has 0 N–H and O–H groups in total. The normalized spacial score (nSPS) is 19.4. The molecule has 1 aliphatic carbocycles. The summed E-state index contributed by atoms with van der Waals surface area (Å²) in [4.78, 5) is 26.5. The van der Waals surface area contributed by atoms with Crippen molar-refractivity contribution in [2.45, 2.75) is 19.3 Å². The maximum atomic E-state index is 12.9. The van der Waals surface area contributed by atoms with Crippen LogP contribution < -0.4 is 9.47 Å². The van der Waals surface area contributed by atoms with Crippen LogP contribution in [0, 0.1) is 5.92 Å². The molecule has 6 heteroatoms. The van der Waals surface area contributed by atoms with Crippen LogP contribution >= 0.6 is 11.3 Å². The van der Waals surface area contributed by atoms with Gasteiger partial charge >= 0.3 is 5.97 Å². The van der Waals surface area contributed by atoms with Crippen LogP contribution in [0.3, 0.4) is 0 Å². The highest BCUT2D eigenvalue weighted by molar-refractivity contribution is 7.11. The second kappa shape index (κ2) is 8.39. The predicted octanol–water partition coefficient (Wildman–Crippen LogP) is 4.08. The highest BCUT2D eigenvalue weighted by Crippen LogP contribution is 2.45. The van der Waals surface area contributed by atoms with Crippen molar-refractivity contribution in [3.8, 4) is 11.5 Å². The summed E-state index contributed by atoms with van der Waals surface area (Å²) in [5, 5.41) is 1.97. The summed E-state index contributed by atoms with van der Waals surface area (Å²) < 4.78 is 16.1. The molecule has 1 aromatic carbocycles. The maximum Gasteiger partial charge on any atom is 0.317 e. The standard InChI is InChI=1S/C21H22O5S/c1-4-26-21(23)20-16(15-12-14(24-2)7-8-18(15)25-3)10-13(11-17(20)22)19-6-5-9-27-19/h5-9,11-12,16,20H,4,10H2,1-3H3/t16-,20+/m0/s1. The molecular formula is C21H22O5S. The van der Waals surface area contributed by atoms with Crippen LogP contribution in [0.4, 0.5) is 0 Å². The van der Waals surface area contributed by atoms with Crippen LogP contribution in [0.5, 0.6) is 11.5 Å². The molecule has 2 atom stereocenters. The average molecular weight is 386 g/mol. The van der Waals surface area contributed by atoms with Gasteiger partial charge in [-0.2, -0.15) is 0 Å². The van der Waals surface area contributed by atoms with E-state index in [4.69, 9.17) is 14.2 Å². The van der Waals surface area contributed by atoms with Gasteiger partial charge < -0.3 is 14.2 Å². The Balaban J connectivity index is 2.10. The molecule has 0 saturated carbocycles. The summed E-state index contributed by atoms with van der Waals surface area (Å²) in [5.74, 6) is -0.751. The molecule has 27 heavy (non-hydrogen) atoms. The van der Waals surface area contributed by atoms with Gasteiger partial charge in [0.2, 0.25) is 0 Å². The van der Waals surface area contributed by atoms with E-state index in [0.717, 1.165) is 16.0 Å². The highest BCUT2D eigenvalue weighted by Gasteiger charge is 2.41. The molecule has 0 fully saturated rings. The molecule has 0 amide bonds. The second-order valence-electron chi connectivity index (χ2n) is 6.20. The van der Waals surface area contributed by atoms with E-state index < -0.39 is 11.9 Å². The van der Waals surface area contributed by atoms with Gasteiger partial charge in [-0.05, 0) is 54.6 Å². The molecule has 1 aliphatic rings. The average Bonchev–Trinajstić information content (AvgIpc) is 3.21. The summed E-state index contributed by atoms with van der Waals surface area (Å²) in [6.07, 6.45) is 2.12. The topological polar surface area (TPSA) is 61.8 Å². The Morgan fingerprint density at radius 1 is 1.22 bits per heavy atom. The number of rotatable bonds is 6. The van der Waals surface area contributed by atoms with E-state index in [0.29, 0.717) is 17.9 Å². The van der Waals surface area contributed by atoms with Gasteiger partial charge in [0.1, 0.15) is 17.4 Å². The molecule has 0 unspecified atom stereocenters. The Hall–Kier alpha value is -2.60. The number of hydrogen-bond donors (Lipinski definition) is 0. The van der Waals surface area contributed by atoms with Crippen LogP contribution in [0.1, 0.15) is 29.7 Å². The molecule has 142 valence electrons. The summed E-state index contributed by atoms with van der Waals surface area (Å²) in [5.41, 5.74) is 1.69. The lowest BCUT2D eigenvalue weighted by molar-refractivity contribution is -0.151. The Kier molecular flexibility index (Phi) is 5.96. The van der Waals surface area contributed by atoms with Crippen LogP contribution in [-0.4, -0.2) is 32.6 Å². The van der Waals surface area contributed by atoms with E-state index in [-0.39, 0.29) is 18.3 Å². The molecule has 0 radical (unpaired) electrons. The summed E-state index contributed by atoms with van der Waals surface area (Å²) >= 11 is 1.57. The van der Waals surface area contributed by atoms with Gasteiger partial charge in [0, 0.05) is 16.4 Å². The van der Waals surface area contributed by atoms with E-state index in [9.17, 15) is 9.59 Å². The third-order valence-corrected chi connectivity index (χ3v) is 5.63. The number of esters is 1. The van der Waals surface area contributed by atoms with Gasteiger partial charge in [0.15, 0.2) is 5.78 Å². The molecular weight excluding hydrogens is 364 g/mol. The number of ketones is 1. The van der Waals surface area contributed by atoms with Crippen molar-refractivity contribution < 1.29 is 23.8 Å². The van der Waals surface area contributed by atoms with E-state index in [2.05, 4.69) is 0 Å². The van der Waals surface area contributed by atoms with Crippen LogP contribution in [0.15, 0.2) is 41.8 Å². The van der Waals surface area contributed by atoms with Gasteiger partial charge in [-0.25, -0.2) is 0 Å². The lowest BCUT2D eigenvalue weighted by atomic mass is 9.74. The van der Waals surface area contributed by atoms with E-state index in [1.165, 1.54) is 0 Å². The Labute approximate surface area is 162 Å². The van der Waals surface area contributed by atoms with Crippen LogP contribution in [0.25, 0.3) is 5.57 Å². The minimum atomic E-state index is -0.894. The largest absolute Gasteiger partial charge is 0.497 e. The second-order valence-corrected chi connectivity index (χ2v) is 7.15. The summed E-state index contributed by atoms with van der Waals surface area (Å²) in [7, 11) is 3.16. The van der Waals surface area contributed by atoms with Gasteiger partial charge in [0.05, 0.1) is 20.8 Å². The molecule has 3 rings (SSSR count). The fourth-order valence-electron chi connectivity index (χ4n) is 3.44. The van der Waals surface area contributed by atoms with Gasteiger partial charge in [-0.3, -0.25) is 9.59 Å². The monoisotopic (exact) mass is 386 g/mol. The number of ether oxygens (including phenoxy) is 3. The van der Waals surface area contributed by atoms with Crippen molar-refractivity contribution in [3.63, 3.8) is 0 Å². The van der Waals surface area contributed by atoms with E-state index in [1.807, 2.05) is 23.6 Å². The number of allylic oxidation sites excluding steroid dienone is 2. The molecule has 0 aliphatic heterocycles. The third kappa shape index (κ3) is 3.90. The summed E-state index contributed by atoms with van der Waals surface area (Å²) in [6.45, 7) is 1.96. The van der Waals surface area contributed by atoms with Crippen LogP contribution in [-0.2, 0) is 14.3 Å². The number of carbonyl (C=O) groups excluding carboxylic acids is 2. The predicted molar refractivity (Wildman–Crippen MR) is 104 cm³/mol. The number of methoxy groups -OCH3 is 2. The minimum absolute atomic E-state index is 0.228. The number of carbonyl (C=O) groups is 2. The first-order valence-corrected chi connectivity index (χ1v) is 9.63. The van der Waals surface area contributed by atoms with Gasteiger partial charge in [0.25, 0.3) is 0 Å². The van der Waals surface area contributed by atoms with Crippen LogP contribution in [0.2, 0.25) is 0 Å². The van der Waals surface area contributed by atoms with E-state index in [1.54, 1.807) is 50.7 Å². The molecule has 1 heterocycles. The SMILES string of the molecule is CCOC(=O)[C@H]1C(=O)C=C(c2cccs2)C[C@H]1c1cc(OC)ccc1OC. The van der Waals surface area contributed by atoms with Gasteiger partial charge in [-0.1, -0.05) is 6.07 Å². The van der Waals surface area contributed by atoms with Crippen molar-refractivity contribution in [1.82, 2.24) is 0 Å². The first-order chi connectivity index (χ1) is 13.1. The molecule has 0 bridgehead atoms. The van der Waals surface area contributed by atoms with Gasteiger partial charge in [-0.15, -0.1) is 11.3 Å². The molecule has 0 spiro atoms. The quantitative estimate of drug-likeness (QED) is 0.553. The molecule has 5 nitrogen and oxygen atoms in total. The molecule has 1 aromatic heterocycles. The first-order valence-electron chi connectivity index (χ1n) is 8.75. The fraction of sp³-hybridized carbons (Fsp3) is 0.333. The zero-order valence-corrected chi connectivity index (χ0v) is 16.4. The molecule has 2 aromatic rings. The van der Waals surface area contributed by atoms with Crippen molar-refractivity contribution in [3.05, 3.63) is 52.2 Å². The number of thiophene rings is 1. The minimum Gasteiger partial charge on any atom is -0.497 e. The maximum absolute atomic E-state index is 12.9. The summed E-state index contributed by atoms with van der Waals surface area (Å²) in [6, 6.07) is 9.35. The zero-order chi connectivity index (χ0) is 19.4. The van der Waals surface area contributed by atoms with Crippen molar-refractivity contribution in [2.75, 3.05) is 20.8 Å². The fourth-order valence-corrected chi connectivity index (χ4v) is 4.19. The Morgan fingerprint density at radius 2 is 2.04 bits per heavy atom. The lowest BCUT2D eigenvalue weighted by Gasteiger charge is -2.30. The number of benzene rings is 1. The Bertz CT molecular complexity index is 853. The first kappa shape index (κ1) is 19.2. The van der Waals surface area contributed by atoms with Crippen molar-refractivity contribution in [2.24, 2.45) is 5.92 Å². The van der Waals surface area contributed by atoms with Crippen molar-refractivity contribution >= 4 is 28.7 Å². The third-order valence-electron chi connectivity index (χ3n) is 4.68.